The molecule has 174 valence electrons. The lowest BCUT2D eigenvalue weighted by molar-refractivity contribution is -0.140. The molecule has 7 heteroatoms. The largest absolute Gasteiger partial charge is 0.507 e. The summed E-state index contributed by atoms with van der Waals surface area (Å²) < 4.78 is 5.75. The van der Waals surface area contributed by atoms with Crippen LogP contribution in [0.5, 0.6) is 0 Å². The highest BCUT2D eigenvalue weighted by molar-refractivity contribution is 6.46. The summed E-state index contributed by atoms with van der Waals surface area (Å²) in [6.07, 6.45) is 1.66. The van der Waals surface area contributed by atoms with E-state index >= 15 is 0 Å². The summed E-state index contributed by atoms with van der Waals surface area (Å²) in [4.78, 5) is 30.0. The maximum absolute atomic E-state index is 13.1. The first-order valence-corrected chi connectivity index (χ1v) is 11.8. The molecule has 2 heterocycles. The SMILES string of the molecule is CCN(CC)c1ccc([C@H]2C(=C(O)c3ccc(Cl)cc3)C(=O)C(=O)N2C[C@@H]2CCCO2)cc1. The molecule has 4 rings (SSSR count). The van der Waals surface area contributed by atoms with Gasteiger partial charge in [-0.25, -0.2) is 0 Å². The maximum Gasteiger partial charge on any atom is 0.295 e. The molecule has 2 saturated heterocycles. The minimum absolute atomic E-state index is 0.0934. The van der Waals surface area contributed by atoms with E-state index in [0.29, 0.717) is 23.7 Å². The fraction of sp³-hybridized carbons (Fsp3) is 0.385. The number of aliphatic hydroxyl groups excluding tert-OH is 1. The quantitative estimate of drug-likeness (QED) is 0.359. The summed E-state index contributed by atoms with van der Waals surface area (Å²) in [5.41, 5.74) is 2.38. The fourth-order valence-electron chi connectivity index (χ4n) is 4.64. The van der Waals surface area contributed by atoms with Gasteiger partial charge in [0.1, 0.15) is 5.76 Å². The molecule has 2 atom stereocenters. The summed E-state index contributed by atoms with van der Waals surface area (Å²) in [5.74, 6) is -1.49. The number of Topliss-reactive ketones (excluding diaryl/α,β-unsaturated/α-hetero) is 1. The zero-order chi connectivity index (χ0) is 23.5. The molecule has 0 radical (unpaired) electrons. The molecule has 6 nitrogen and oxygen atoms in total. The van der Waals surface area contributed by atoms with Gasteiger partial charge in [-0.3, -0.25) is 9.59 Å². The third-order valence-corrected chi connectivity index (χ3v) is 6.67. The number of anilines is 1. The van der Waals surface area contributed by atoms with Gasteiger partial charge in [-0.15, -0.1) is 0 Å². The molecule has 0 aliphatic carbocycles. The number of halogens is 1. The Morgan fingerprint density at radius 2 is 1.76 bits per heavy atom. The van der Waals surface area contributed by atoms with Gasteiger partial charge < -0.3 is 19.6 Å². The molecule has 0 spiro atoms. The lowest BCUT2D eigenvalue weighted by Crippen LogP contribution is -2.36. The smallest absolute Gasteiger partial charge is 0.295 e. The number of rotatable bonds is 7. The number of aliphatic hydroxyl groups is 1. The van der Waals surface area contributed by atoms with Crippen LogP contribution in [0, 0.1) is 0 Å². The van der Waals surface area contributed by atoms with Gasteiger partial charge in [-0.2, -0.15) is 0 Å². The molecule has 2 aromatic carbocycles. The maximum atomic E-state index is 13.1. The Hall–Kier alpha value is -2.83. The van der Waals surface area contributed by atoms with E-state index in [4.69, 9.17) is 16.3 Å². The first kappa shape index (κ1) is 23.3. The number of carbonyl (C=O) groups is 2. The second-order valence-corrected chi connectivity index (χ2v) is 8.79. The Morgan fingerprint density at radius 1 is 1.09 bits per heavy atom. The van der Waals surface area contributed by atoms with Crippen LogP contribution in [-0.2, 0) is 14.3 Å². The van der Waals surface area contributed by atoms with Crippen molar-refractivity contribution < 1.29 is 19.4 Å². The highest BCUT2D eigenvalue weighted by atomic mass is 35.5. The monoisotopic (exact) mass is 468 g/mol. The third kappa shape index (κ3) is 4.63. The van der Waals surface area contributed by atoms with Gasteiger partial charge in [-0.1, -0.05) is 23.7 Å². The average Bonchev–Trinajstić information content (AvgIpc) is 3.43. The van der Waals surface area contributed by atoms with Crippen LogP contribution in [0.3, 0.4) is 0 Å². The van der Waals surface area contributed by atoms with E-state index in [9.17, 15) is 14.7 Å². The first-order chi connectivity index (χ1) is 15.9. The summed E-state index contributed by atoms with van der Waals surface area (Å²) >= 11 is 5.99. The van der Waals surface area contributed by atoms with Gasteiger partial charge in [0, 0.05) is 42.5 Å². The number of likely N-dealkylation sites (tertiary alicyclic amines) is 1. The predicted molar refractivity (Wildman–Crippen MR) is 129 cm³/mol. The lowest BCUT2D eigenvalue weighted by atomic mass is 9.95. The van der Waals surface area contributed by atoms with Crippen LogP contribution in [0.25, 0.3) is 5.76 Å². The highest BCUT2D eigenvalue weighted by Gasteiger charge is 2.47. The molecule has 2 aliphatic rings. The molecule has 1 amide bonds. The van der Waals surface area contributed by atoms with Crippen LogP contribution in [0.4, 0.5) is 5.69 Å². The summed E-state index contributed by atoms with van der Waals surface area (Å²) in [5, 5.41) is 11.6. The van der Waals surface area contributed by atoms with Crippen LogP contribution in [0.15, 0.2) is 54.1 Å². The van der Waals surface area contributed by atoms with E-state index in [1.54, 1.807) is 29.2 Å². The van der Waals surface area contributed by atoms with Crippen LogP contribution < -0.4 is 4.90 Å². The molecule has 2 aliphatic heterocycles. The molecule has 2 aromatic rings. The van der Waals surface area contributed by atoms with Gasteiger partial charge in [0.2, 0.25) is 0 Å². The number of hydrogen-bond donors (Lipinski definition) is 1. The standard InChI is InChI=1S/C26H29ClN2O4/c1-3-28(4-2)20-13-9-17(10-14-20)23-22(24(30)18-7-11-19(27)12-8-18)25(31)26(32)29(23)16-21-6-5-15-33-21/h7-14,21,23,30H,3-6,15-16H2,1-2H3/t21-,23-/m0/s1. The van der Waals surface area contributed by atoms with Crippen molar-refractivity contribution in [1.29, 1.82) is 0 Å². The topological polar surface area (TPSA) is 70.1 Å². The minimum Gasteiger partial charge on any atom is -0.507 e. The molecular weight excluding hydrogens is 440 g/mol. The van der Waals surface area contributed by atoms with Gasteiger partial charge in [-0.05, 0) is 68.7 Å². The number of amides is 1. The summed E-state index contributed by atoms with van der Waals surface area (Å²) in [7, 11) is 0. The van der Waals surface area contributed by atoms with E-state index in [1.165, 1.54) is 0 Å². The van der Waals surface area contributed by atoms with Crippen molar-refractivity contribution >= 4 is 34.7 Å². The number of carbonyl (C=O) groups excluding carboxylic acids is 2. The number of benzene rings is 2. The van der Waals surface area contributed by atoms with Crippen molar-refractivity contribution in [3.05, 3.63) is 70.3 Å². The molecule has 33 heavy (non-hydrogen) atoms. The van der Waals surface area contributed by atoms with Crippen LogP contribution in [0.1, 0.15) is 43.9 Å². The van der Waals surface area contributed by atoms with E-state index in [-0.39, 0.29) is 17.4 Å². The van der Waals surface area contributed by atoms with E-state index in [2.05, 4.69) is 18.7 Å². The van der Waals surface area contributed by atoms with Gasteiger partial charge in [0.15, 0.2) is 0 Å². The average molecular weight is 469 g/mol. The normalized spacial score (nSPS) is 22.2. The zero-order valence-corrected chi connectivity index (χ0v) is 19.7. The molecule has 0 bridgehead atoms. The first-order valence-electron chi connectivity index (χ1n) is 11.5. The Balaban J connectivity index is 1.78. The highest BCUT2D eigenvalue weighted by Crippen LogP contribution is 2.40. The number of nitrogens with zero attached hydrogens (tertiary/aromatic N) is 2. The van der Waals surface area contributed by atoms with E-state index in [0.717, 1.165) is 37.2 Å². The number of ether oxygens (including phenoxy) is 1. The molecular formula is C26H29ClN2O4. The molecule has 0 saturated carbocycles. The second-order valence-electron chi connectivity index (χ2n) is 8.36. The molecule has 2 fully saturated rings. The Labute approximate surface area is 199 Å². The molecule has 0 aromatic heterocycles. The molecule has 0 unspecified atom stereocenters. The van der Waals surface area contributed by atoms with E-state index < -0.39 is 17.7 Å². The minimum atomic E-state index is -0.685. The number of ketones is 1. The second kappa shape index (κ2) is 9.98. The third-order valence-electron chi connectivity index (χ3n) is 6.42. The van der Waals surface area contributed by atoms with Crippen molar-refractivity contribution in [1.82, 2.24) is 4.90 Å². The summed E-state index contributed by atoms with van der Waals surface area (Å²) in [6, 6.07) is 13.8. The number of hydrogen-bond acceptors (Lipinski definition) is 5. The lowest BCUT2D eigenvalue weighted by Gasteiger charge is -2.28. The van der Waals surface area contributed by atoms with Gasteiger partial charge in [0.05, 0.1) is 17.7 Å². The Kier molecular flexibility index (Phi) is 7.05. The Morgan fingerprint density at radius 3 is 2.33 bits per heavy atom. The van der Waals surface area contributed by atoms with Crippen molar-refractivity contribution in [2.75, 3.05) is 31.1 Å². The molecule has 1 N–H and O–H groups in total. The van der Waals surface area contributed by atoms with Gasteiger partial charge in [0.25, 0.3) is 11.7 Å². The van der Waals surface area contributed by atoms with Crippen molar-refractivity contribution in [2.45, 2.75) is 38.8 Å². The fourth-order valence-corrected chi connectivity index (χ4v) is 4.77. The van der Waals surface area contributed by atoms with Crippen molar-refractivity contribution in [3.8, 4) is 0 Å². The predicted octanol–water partition coefficient (Wildman–Crippen LogP) is 4.79. The van der Waals surface area contributed by atoms with Crippen molar-refractivity contribution in [2.24, 2.45) is 0 Å². The van der Waals surface area contributed by atoms with Crippen LogP contribution >= 0.6 is 11.6 Å². The summed E-state index contributed by atoms with van der Waals surface area (Å²) in [6.45, 7) is 6.92. The zero-order valence-electron chi connectivity index (χ0n) is 19.0. The van der Waals surface area contributed by atoms with Crippen LogP contribution in [-0.4, -0.2) is 54.0 Å². The van der Waals surface area contributed by atoms with Crippen molar-refractivity contribution in [3.63, 3.8) is 0 Å². The van der Waals surface area contributed by atoms with Crippen LogP contribution in [0.2, 0.25) is 5.02 Å². The van der Waals surface area contributed by atoms with E-state index in [1.807, 2.05) is 24.3 Å². The van der Waals surface area contributed by atoms with Gasteiger partial charge >= 0.3 is 0 Å². The Bertz CT molecular complexity index is 1040.